The van der Waals surface area contributed by atoms with Gasteiger partial charge in [-0.05, 0) is 29.0 Å². The summed E-state index contributed by atoms with van der Waals surface area (Å²) in [6.07, 6.45) is 1.01. The second-order valence-corrected chi connectivity index (χ2v) is 5.66. The van der Waals surface area contributed by atoms with Crippen LogP contribution in [-0.2, 0) is 13.0 Å². The van der Waals surface area contributed by atoms with E-state index in [2.05, 4.69) is 26.8 Å². The highest BCUT2D eigenvalue weighted by molar-refractivity contribution is 6.19. The maximum Gasteiger partial charge on any atom is 0.241 e. The van der Waals surface area contributed by atoms with Gasteiger partial charge in [0.1, 0.15) is 0 Å². The summed E-state index contributed by atoms with van der Waals surface area (Å²) < 4.78 is 0. The highest BCUT2D eigenvalue weighted by atomic mass is 16.2. The predicted molar refractivity (Wildman–Crippen MR) is 65.2 cm³/mol. The number of carbonyl (C=O) groups excluding carboxylic acids is 1. The van der Waals surface area contributed by atoms with Gasteiger partial charge in [-0.3, -0.25) is 4.79 Å². The minimum absolute atomic E-state index is 0.0719. The molecule has 1 aliphatic rings. The monoisotopic (exact) mass is 213 g/mol. The molecule has 0 bridgehead atoms. The van der Waals surface area contributed by atoms with Crippen LogP contribution in [0.3, 0.4) is 0 Å². The van der Waals surface area contributed by atoms with Gasteiger partial charge >= 0.3 is 0 Å². The molecule has 0 fully saturated rings. The maximum atomic E-state index is 11.6. The molecular formula is C13H16BNO. The van der Waals surface area contributed by atoms with E-state index in [4.69, 9.17) is 7.98 Å². The summed E-state index contributed by atoms with van der Waals surface area (Å²) >= 11 is 0. The zero-order chi connectivity index (χ0) is 11.9. The van der Waals surface area contributed by atoms with Crippen LogP contribution in [0.2, 0.25) is 0 Å². The van der Waals surface area contributed by atoms with Crippen molar-refractivity contribution in [3.05, 3.63) is 34.9 Å². The van der Waals surface area contributed by atoms with Crippen molar-refractivity contribution in [3.63, 3.8) is 0 Å². The first-order chi connectivity index (χ1) is 7.37. The first-order valence-corrected chi connectivity index (χ1v) is 5.55. The van der Waals surface area contributed by atoms with Crippen LogP contribution in [0.15, 0.2) is 18.2 Å². The van der Waals surface area contributed by atoms with E-state index in [-0.39, 0.29) is 11.3 Å². The van der Waals surface area contributed by atoms with Gasteiger partial charge in [-0.15, -0.1) is 0 Å². The predicted octanol–water partition coefficient (Wildman–Crippen LogP) is 2.31. The van der Waals surface area contributed by atoms with Crippen LogP contribution in [0, 0.1) is 5.41 Å². The number of hydrogen-bond acceptors (Lipinski definition) is 1. The van der Waals surface area contributed by atoms with Gasteiger partial charge in [0.2, 0.25) is 13.9 Å². The molecule has 0 aliphatic carbocycles. The third-order valence-corrected chi connectivity index (χ3v) is 2.74. The fourth-order valence-electron chi connectivity index (χ4n) is 2.12. The van der Waals surface area contributed by atoms with Crippen LogP contribution < -0.4 is 0 Å². The smallest absolute Gasteiger partial charge is 0.241 e. The van der Waals surface area contributed by atoms with Crippen molar-refractivity contribution in [1.29, 1.82) is 0 Å². The molecule has 1 amide bonds. The fourth-order valence-corrected chi connectivity index (χ4v) is 2.12. The van der Waals surface area contributed by atoms with Crippen molar-refractivity contribution in [2.45, 2.75) is 33.7 Å². The van der Waals surface area contributed by atoms with Gasteiger partial charge in [0, 0.05) is 12.1 Å². The standard InChI is InChI=1S/C13H16BNO/c1-13(2,3)7-9-4-5-11-10(6-9)8-15(14)12(11)16/h4-6H,7-8H2,1-3H3. The van der Waals surface area contributed by atoms with Gasteiger partial charge in [-0.25, -0.2) is 0 Å². The lowest BCUT2D eigenvalue weighted by Crippen LogP contribution is -2.19. The Labute approximate surface area is 98.1 Å². The Morgan fingerprint density at radius 2 is 2.06 bits per heavy atom. The number of fused-ring (bicyclic) bond motifs is 1. The maximum absolute atomic E-state index is 11.6. The molecule has 1 heterocycles. The highest BCUT2D eigenvalue weighted by Gasteiger charge is 2.24. The molecule has 2 nitrogen and oxygen atoms in total. The number of benzene rings is 1. The summed E-state index contributed by atoms with van der Waals surface area (Å²) in [5.74, 6) is -0.0719. The third-order valence-electron chi connectivity index (χ3n) is 2.74. The molecule has 1 aliphatic heterocycles. The Morgan fingerprint density at radius 3 is 2.69 bits per heavy atom. The van der Waals surface area contributed by atoms with E-state index in [0.29, 0.717) is 6.54 Å². The Kier molecular flexibility index (Phi) is 2.57. The molecule has 2 radical (unpaired) electrons. The largest absolute Gasteiger partial charge is 0.389 e. The second kappa shape index (κ2) is 3.65. The lowest BCUT2D eigenvalue weighted by atomic mass is 9.87. The van der Waals surface area contributed by atoms with Gasteiger partial charge < -0.3 is 4.81 Å². The SMILES string of the molecule is [B]N1Cc2cc(CC(C)(C)C)ccc2C1=O. The fraction of sp³-hybridized carbons (Fsp3) is 0.462. The topological polar surface area (TPSA) is 20.3 Å². The van der Waals surface area contributed by atoms with Gasteiger partial charge in [0.15, 0.2) is 0 Å². The summed E-state index contributed by atoms with van der Waals surface area (Å²) in [7, 11) is 5.59. The van der Waals surface area contributed by atoms with Crippen LogP contribution in [-0.4, -0.2) is 18.7 Å². The summed E-state index contributed by atoms with van der Waals surface area (Å²) in [6, 6.07) is 6.03. The van der Waals surface area contributed by atoms with Gasteiger partial charge in [0.25, 0.3) is 0 Å². The molecule has 0 saturated heterocycles. The molecule has 0 N–H and O–H groups in total. The number of amides is 1. The molecule has 0 atom stereocenters. The van der Waals surface area contributed by atoms with Crippen molar-refractivity contribution in [3.8, 4) is 0 Å². The Morgan fingerprint density at radius 1 is 1.38 bits per heavy atom. The van der Waals surface area contributed by atoms with Crippen LogP contribution >= 0.6 is 0 Å². The van der Waals surface area contributed by atoms with Gasteiger partial charge in [-0.1, -0.05) is 32.9 Å². The lowest BCUT2D eigenvalue weighted by molar-refractivity contribution is 0.0880. The molecule has 3 heteroatoms. The van der Waals surface area contributed by atoms with Crippen LogP contribution in [0.4, 0.5) is 0 Å². The average molecular weight is 213 g/mol. The van der Waals surface area contributed by atoms with E-state index in [9.17, 15) is 4.79 Å². The summed E-state index contributed by atoms with van der Waals surface area (Å²) in [4.78, 5) is 12.9. The molecule has 2 rings (SSSR count). The summed E-state index contributed by atoms with van der Waals surface area (Å²) in [5, 5.41) is 0. The van der Waals surface area contributed by atoms with Crippen molar-refractivity contribution < 1.29 is 4.79 Å². The zero-order valence-corrected chi connectivity index (χ0v) is 10.1. The number of carbonyl (C=O) groups is 1. The highest BCUT2D eigenvalue weighted by Crippen LogP contribution is 2.26. The van der Waals surface area contributed by atoms with Crippen molar-refractivity contribution in [1.82, 2.24) is 4.81 Å². The van der Waals surface area contributed by atoms with Crippen LogP contribution in [0.1, 0.15) is 42.3 Å². The first-order valence-electron chi connectivity index (χ1n) is 5.55. The second-order valence-electron chi connectivity index (χ2n) is 5.66. The van der Waals surface area contributed by atoms with E-state index in [1.54, 1.807) is 0 Å². The zero-order valence-electron chi connectivity index (χ0n) is 10.1. The lowest BCUT2D eigenvalue weighted by Gasteiger charge is -2.18. The molecule has 1 aromatic rings. The van der Waals surface area contributed by atoms with Crippen molar-refractivity contribution in [2.24, 2.45) is 5.41 Å². The Hall–Kier alpha value is -1.25. The minimum Gasteiger partial charge on any atom is -0.389 e. The average Bonchev–Trinajstić information content (AvgIpc) is 2.40. The normalized spacial score (nSPS) is 15.4. The van der Waals surface area contributed by atoms with Crippen molar-refractivity contribution in [2.75, 3.05) is 0 Å². The molecule has 0 aromatic heterocycles. The molecule has 82 valence electrons. The molecule has 1 aromatic carbocycles. The Bertz CT molecular complexity index is 434. The van der Waals surface area contributed by atoms with E-state index in [1.807, 2.05) is 12.1 Å². The van der Waals surface area contributed by atoms with E-state index in [1.165, 1.54) is 10.4 Å². The minimum atomic E-state index is -0.0719. The van der Waals surface area contributed by atoms with Crippen LogP contribution in [0.25, 0.3) is 0 Å². The van der Waals surface area contributed by atoms with Crippen LogP contribution in [0.5, 0.6) is 0 Å². The molecule has 0 saturated carbocycles. The molecule has 16 heavy (non-hydrogen) atoms. The van der Waals surface area contributed by atoms with Crippen molar-refractivity contribution >= 4 is 13.9 Å². The van der Waals surface area contributed by atoms with E-state index in [0.717, 1.165) is 17.5 Å². The molecule has 0 unspecified atom stereocenters. The summed E-state index contributed by atoms with van der Waals surface area (Å²) in [5.41, 5.74) is 3.34. The van der Waals surface area contributed by atoms with Gasteiger partial charge in [0.05, 0.1) is 0 Å². The molecule has 0 spiro atoms. The van der Waals surface area contributed by atoms with E-state index < -0.39 is 0 Å². The van der Waals surface area contributed by atoms with Gasteiger partial charge in [-0.2, -0.15) is 0 Å². The number of rotatable bonds is 1. The summed E-state index contributed by atoms with van der Waals surface area (Å²) in [6.45, 7) is 7.16. The third kappa shape index (κ3) is 2.13. The first kappa shape index (κ1) is 11.2. The Balaban J connectivity index is 2.29. The quantitative estimate of drug-likeness (QED) is 0.655. The number of nitrogens with zero attached hydrogens (tertiary/aromatic N) is 1. The number of hydrogen-bond donors (Lipinski definition) is 0. The molecular weight excluding hydrogens is 197 g/mol. The van der Waals surface area contributed by atoms with E-state index >= 15 is 0 Å².